The monoisotopic (exact) mass is 322 g/mol. The molecule has 21 heavy (non-hydrogen) atoms. The topological polar surface area (TPSA) is 58.2 Å². The van der Waals surface area contributed by atoms with Crippen LogP contribution in [-0.4, -0.2) is 11.8 Å². The van der Waals surface area contributed by atoms with Crippen LogP contribution in [0.2, 0.25) is 10.0 Å². The van der Waals surface area contributed by atoms with E-state index in [9.17, 15) is 9.59 Å². The molecular formula is C15H12Cl2N2O2. The zero-order chi connectivity index (χ0) is 15.4. The minimum absolute atomic E-state index is 0.191. The standard InChI is InChI=1S/C15H12Cl2N2O2/c1-9-5-2-3-7-11(9)18-14(20)15(21)19-12-8-4-6-10(16)13(12)17/h2-8H,1H3,(H,18,20)(H,19,21). The Bertz CT molecular complexity index is 702. The van der Waals surface area contributed by atoms with E-state index in [1.54, 1.807) is 30.3 Å². The summed E-state index contributed by atoms with van der Waals surface area (Å²) in [5, 5.41) is 5.45. The molecule has 0 aliphatic heterocycles. The van der Waals surface area contributed by atoms with E-state index in [0.29, 0.717) is 10.7 Å². The molecule has 0 saturated heterocycles. The number of carbonyl (C=O) groups excluding carboxylic acids is 2. The summed E-state index contributed by atoms with van der Waals surface area (Å²) in [6.45, 7) is 1.83. The van der Waals surface area contributed by atoms with Gasteiger partial charge >= 0.3 is 11.8 Å². The predicted molar refractivity (Wildman–Crippen MR) is 84.9 cm³/mol. The molecule has 0 spiro atoms. The second kappa shape index (κ2) is 6.61. The Morgan fingerprint density at radius 1 is 0.857 bits per heavy atom. The molecule has 0 aromatic heterocycles. The quantitative estimate of drug-likeness (QED) is 0.824. The summed E-state index contributed by atoms with van der Waals surface area (Å²) in [4.78, 5) is 23.7. The number of hydrogen-bond acceptors (Lipinski definition) is 2. The van der Waals surface area contributed by atoms with Gasteiger partial charge < -0.3 is 10.6 Å². The fraction of sp³-hybridized carbons (Fsp3) is 0.0667. The Balaban J connectivity index is 2.08. The summed E-state index contributed by atoms with van der Waals surface area (Å²) in [5.41, 5.74) is 1.73. The lowest BCUT2D eigenvalue weighted by atomic mass is 10.2. The van der Waals surface area contributed by atoms with Crippen molar-refractivity contribution in [2.75, 3.05) is 10.6 Å². The molecule has 2 aromatic rings. The highest BCUT2D eigenvalue weighted by molar-refractivity contribution is 6.47. The average Bonchev–Trinajstić information content (AvgIpc) is 2.46. The van der Waals surface area contributed by atoms with Crippen LogP contribution in [-0.2, 0) is 9.59 Å². The van der Waals surface area contributed by atoms with E-state index in [-0.39, 0.29) is 10.7 Å². The number of carbonyl (C=O) groups is 2. The van der Waals surface area contributed by atoms with Crippen LogP contribution in [0.15, 0.2) is 42.5 Å². The summed E-state index contributed by atoms with van der Waals surface area (Å²) < 4.78 is 0. The first kappa shape index (κ1) is 15.4. The Kier molecular flexibility index (Phi) is 4.83. The summed E-state index contributed by atoms with van der Waals surface area (Å²) in [6.07, 6.45) is 0. The molecule has 108 valence electrons. The third-order valence-corrected chi connectivity index (χ3v) is 3.62. The first-order valence-electron chi connectivity index (χ1n) is 6.11. The van der Waals surface area contributed by atoms with Gasteiger partial charge in [-0.2, -0.15) is 0 Å². The third-order valence-electron chi connectivity index (χ3n) is 2.80. The van der Waals surface area contributed by atoms with Gasteiger partial charge in [0.05, 0.1) is 15.7 Å². The molecule has 0 bridgehead atoms. The van der Waals surface area contributed by atoms with Gasteiger partial charge in [0, 0.05) is 5.69 Å². The van der Waals surface area contributed by atoms with Gasteiger partial charge in [0.15, 0.2) is 0 Å². The van der Waals surface area contributed by atoms with E-state index < -0.39 is 11.8 Å². The third kappa shape index (κ3) is 3.74. The summed E-state index contributed by atoms with van der Waals surface area (Å²) in [6, 6.07) is 11.9. The number of para-hydroxylation sites is 1. The highest BCUT2D eigenvalue weighted by atomic mass is 35.5. The molecular weight excluding hydrogens is 311 g/mol. The van der Waals surface area contributed by atoms with Gasteiger partial charge in [0.1, 0.15) is 0 Å². The molecule has 6 heteroatoms. The minimum atomic E-state index is -0.817. The fourth-order valence-electron chi connectivity index (χ4n) is 1.67. The van der Waals surface area contributed by atoms with Crippen molar-refractivity contribution in [2.24, 2.45) is 0 Å². The lowest BCUT2D eigenvalue weighted by Gasteiger charge is -2.10. The largest absolute Gasteiger partial charge is 0.318 e. The van der Waals surface area contributed by atoms with Gasteiger partial charge in [0.25, 0.3) is 0 Å². The summed E-state index contributed by atoms with van der Waals surface area (Å²) in [7, 11) is 0. The molecule has 2 N–H and O–H groups in total. The molecule has 0 atom stereocenters. The maximum Gasteiger partial charge on any atom is 0.314 e. The van der Waals surface area contributed by atoms with Crippen LogP contribution in [0.4, 0.5) is 11.4 Å². The van der Waals surface area contributed by atoms with Crippen LogP contribution in [0.25, 0.3) is 0 Å². The van der Waals surface area contributed by atoms with Gasteiger partial charge in [-0.15, -0.1) is 0 Å². The van der Waals surface area contributed by atoms with Gasteiger partial charge in [-0.25, -0.2) is 0 Å². The van der Waals surface area contributed by atoms with Crippen molar-refractivity contribution in [3.63, 3.8) is 0 Å². The van der Waals surface area contributed by atoms with Crippen molar-refractivity contribution >= 4 is 46.4 Å². The number of rotatable bonds is 2. The highest BCUT2D eigenvalue weighted by Crippen LogP contribution is 2.29. The SMILES string of the molecule is Cc1ccccc1NC(=O)C(=O)Nc1cccc(Cl)c1Cl. The second-order valence-electron chi connectivity index (χ2n) is 4.32. The Labute approximate surface area is 132 Å². The van der Waals surface area contributed by atoms with Crippen LogP contribution in [0, 0.1) is 6.92 Å². The molecule has 0 radical (unpaired) electrons. The Hall–Kier alpha value is -2.04. The number of nitrogens with one attached hydrogen (secondary N) is 2. The second-order valence-corrected chi connectivity index (χ2v) is 5.11. The van der Waals surface area contributed by atoms with Crippen LogP contribution < -0.4 is 10.6 Å². The van der Waals surface area contributed by atoms with Crippen LogP contribution in [0.3, 0.4) is 0 Å². The molecule has 0 unspecified atom stereocenters. The lowest BCUT2D eigenvalue weighted by molar-refractivity contribution is -0.133. The summed E-state index contributed by atoms with van der Waals surface area (Å²) in [5.74, 6) is -1.59. The van der Waals surface area contributed by atoms with E-state index in [1.807, 2.05) is 19.1 Å². The number of benzene rings is 2. The van der Waals surface area contributed by atoms with E-state index >= 15 is 0 Å². The maximum absolute atomic E-state index is 11.9. The molecule has 2 amide bonds. The Morgan fingerprint density at radius 2 is 1.43 bits per heavy atom. The van der Waals surface area contributed by atoms with Crippen molar-refractivity contribution in [1.82, 2.24) is 0 Å². The van der Waals surface area contributed by atoms with Gasteiger partial charge in [-0.3, -0.25) is 9.59 Å². The molecule has 2 rings (SSSR count). The lowest BCUT2D eigenvalue weighted by Crippen LogP contribution is -2.29. The number of hydrogen-bond donors (Lipinski definition) is 2. The van der Waals surface area contributed by atoms with Crippen molar-refractivity contribution < 1.29 is 9.59 Å². The van der Waals surface area contributed by atoms with Crippen molar-refractivity contribution in [3.8, 4) is 0 Å². The normalized spacial score (nSPS) is 10.0. The smallest absolute Gasteiger partial charge is 0.314 e. The molecule has 0 fully saturated rings. The van der Waals surface area contributed by atoms with Gasteiger partial charge in [-0.05, 0) is 30.7 Å². The molecule has 0 aliphatic carbocycles. The highest BCUT2D eigenvalue weighted by Gasteiger charge is 2.16. The number of halogens is 2. The van der Waals surface area contributed by atoms with E-state index in [2.05, 4.69) is 10.6 Å². The predicted octanol–water partition coefficient (Wildman–Crippen LogP) is 3.88. The fourth-order valence-corrected chi connectivity index (χ4v) is 2.02. The van der Waals surface area contributed by atoms with E-state index in [1.165, 1.54) is 0 Å². The number of amides is 2. The molecule has 0 aliphatic rings. The van der Waals surface area contributed by atoms with E-state index in [4.69, 9.17) is 23.2 Å². The Morgan fingerprint density at radius 3 is 2.10 bits per heavy atom. The zero-order valence-electron chi connectivity index (χ0n) is 11.1. The summed E-state index contributed by atoms with van der Waals surface area (Å²) >= 11 is 11.8. The zero-order valence-corrected chi connectivity index (χ0v) is 12.6. The molecule has 0 saturated carbocycles. The van der Waals surface area contributed by atoms with Gasteiger partial charge in [0.2, 0.25) is 0 Å². The van der Waals surface area contributed by atoms with Crippen molar-refractivity contribution in [3.05, 3.63) is 58.1 Å². The molecule has 2 aromatic carbocycles. The van der Waals surface area contributed by atoms with Crippen molar-refractivity contribution in [2.45, 2.75) is 6.92 Å². The first-order chi connectivity index (χ1) is 9.99. The maximum atomic E-state index is 11.9. The minimum Gasteiger partial charge on any atom is -0.318 e. The van der Waals surface area contributed by atoms with E-state index in [0.717, 1.165) is 5.56 Å². The first-order valence-corrected chi connectivity index (χ1v) is 6.86. The average molecular weight is 323 g/mol. The van der Waals surface area contributed by atoms with Gasteiger partial charge in [-0.1, -0.05) is 47.5 Å². The number of aryl methyl sites for hydroxylation is 1. The van der Waals surface area contributed by atoms with Crippen LogP contribution >= 0.6 is 23.2 Å². The molecule has 0 heterocycles. The van der Waals surface area contributed by atoms with Crippen LogP contribution in [0.1, 0.15) is 5.56 Å². The molecule has 4 nitrogen and oxygen atoms in total. The van der Waals surface area contributed by atoms with Crippen molar-refractivity contribution in [1.29, 1.82) is 0 Å². The number of anilines is 2. The van der Waals surface area contributed by atoms with Crippen LogP contribution in [0.5, 0.6) is 0 Å².